The lowest BCUT2D eigenvalue weighted by Crippen LogP contribution is -2.76. The van der Waals surface area contributed by atoms with Crippen molar-refractivity contribution in [3.05, 3.63) is 23.3 Å². The second-order valence-corrected chi connectivity index (χ2v) is 7.34. The highest BCUT2D eigenvalue weighted by molar-refractivity contribution is 5.90. The van der Waals surface area contributed by atoms with E-state index in [0.29, 0.717) is 37.2 Å². The van der Waals surface area contributed by atoms with Crippen LogP contribution in [0.3, 0.4) is 0 Å². The molecular formula is C18H19NO5. The highest BCUT2D eigenvalue weighted by Crippen LogP contribution is 2.63. The van der Waals surface area contributed by atoms with Gasteiger partial charge in [-0.3, -0.25) is 9.59 Å². The average Bonchev–Trinajstić information content (AvgIpc) is 2.87. The first-order valence-electron chi connectivity index (χ1n) is 8.47. The van der Waals surface area contributed by atoms with Gasteiger partial charge in [-0.1, -0.05) is 6.07 Å². The van der Waals surface area contributed by atoms with Gasteiger partial charge in [0.2, 0.25) is 0 Å². The van der Waals surface area contributed by atoms with Crippen molar-refractivity contribution < 1.29 is 24.2 Å². The lowest BCUT2D eigenvalue weighted by molar-refractivity contribution is -0.166. The van der Waals surface area contributed by atoms with Crippen molar-refractivity contribution in [2.24, 2.45) is 0 Å². The van der Waals surface area contributed by atoms with Gasteiger partial charge in [-0.25, -0.2) is 0 Å². The third kappa shape index (κ3) is 1.45. The van der Waals surface area contributed by atoms with E-state index >= 15 is 0 Å². The van der Waals surface area contributed by atoms with Crippen LogP contribution < -0.4 is 14.8 Å². The number of aliphatic hydroxyl groups is 1. The van der Waals surface area contributed by atoms with Gasteiger partial charge in [0.15, 0.2) is 23.4 Å². The number of Topliss-reactive ketones (excluding diaryl/α,β-unsaturated/α-hetero) is 1. The normalized spacial score (nSPS) is 38.3. The number of piperidine rings is 1. The maximum Gasteiger partial charge on any atom is 0.308 e. The van der Waals surface area contributed by atoms with Crippen molar-refractivity contribution in [3.63, 3.8) is 0 Å². The zero-order valence-corrected chi connectivity index (χ0v) is 13.4. The van der Waals surface area contributed by atoms with E-state index in [1.54, 1.807) is 6.07 Å². The van der Waals surface area contributed by atoms with Crippen LogP contribution in [0.5, 0.6) is 11.5 Å². The number of hydrogen-bond acceptors (Lipinski definition) is 6. The summed E-state index contributed by atoms with van der Waals surface area (Å²) in [5.41, 5.74) is 0.230. The van der Waals surface area contributed by atoms with Crippen LogP contribution in [0.2, 0.25) is 0 Å². The van der Waals surface area contributed by atoms with Crippen LogP contribution in [0.4, 0.5) is 0 Å². The monoisotopic (exact) mass is 329 g/mol. The Morgan fingerprint density at radius 3 is 3.04 bits per heavy atom. The molecule has 4 atom stereocenters. The Morgan fingerprint density at radius 2 is 2.25 bits per heavy atom. The summed E-state index contributed by atoms with van der Waals surface area (Å²) in [5.74, 6) is 0.416. The molecule has 2 fully saturated rings. The van der Waals surface area contributed by atoms with Gasteiger partial charge in [0.05, 0.1) is 11.0 Å². The van der Waals surface area contributed by atoms with Crippen molar-refractivity contribution in [1.82, 2.24) is 5.32 Å². The van der Waals surface area contributed by atoms with E-state index in [1.165, 1.54) is 6.92 Å². The van der Waals surface area contributed by atoms with E-state index in [9.17, 15) is 14.7 Å². The summed E-state index contributed by atoms with van der Waals surface area (Å²) in [4.78, 5) is 24.1. The molecule has 2 aliphatic carbocycles. The molecule has 0 amide bonds. The third-order valence-corrected chi connectivity index (χ3v) is 6.32. The molecule has 126 valence electrons. The summed E-state index contributed by atoms with van der Waals surface area (Å²) >= 11 is 0. The standard InChI is InChI=1S/C18H19NO5/c1-9(20)23-12-3-2-10-8-13-18(22)5-4-11(21)16-17(18,6-7-19-13)14(10)15(12)24-16/h2-3,13,16,19,22H,4-8H2,1H3/t13-,16+,17+,18-/m1/s1. The topological polar surface area (TPSA) is 84.9 Å². The van der Waals surface area contributed by atoms with E-state index in [1.807, 2.05) is 6.07 Å². The molecule has 4 aliphatic rings. The number of carbonyl (C=O) groups excluding carboxylic acids is 2. The molecule has 1 saturated heterocycles. The summed E-state index contributed by atoms with van der Waals surface area (Å²) in [5, 5.41) is 15.0. The van der Waals surface area contributed by atoms with Crippen LogP contribution in [0.1, 0.15) is 37.3 Å². The molecule has 1 aromatic rings. The van der Waals surface area contributed by atoms with E-state index in [2.05, 4.69) is 5.32 Å². The molecular weight excluding hydrogens is 310 g/mol. The first-order chi connectivity index (χ1) is 11.5. The van der Waals surface area contributed by atoms with Crippen LogP contribution in [-0.2, 0) is 21.4 Å². The number of benzene rings is 1. The molecule has 2 bridgehead atoms. The number of carbonyl (C=O) groups is 2. The number of esters is 1. The Hall–Kier alpha value is -1.92. The van der Waals surface area contributed by atoms with Crippen molar-refractivity contribution >= 4 is 11.8 Å². The minimum atomic E-state index is -1.00. The fourth-order valence-corrected chi connectivity index (χ4v) is 5.45. The maximum absolute atomic E-state index is 12.6. The predicted molar refractivity (Wildman–Crippen MR) is 83.1 cm³/mol. The van der Waals surface area contributed by atoms with Crippen LogP contribution in [0, 0.1) is 0 Å². The molecule has 0 radical (unpaired) electrons. The minimum Gasteiger partial charge on any atom is -0.477 e. The molecule has 2 aliphatic heterocycles. The average molecular weight is 329 g/mol. The molecule has 6 heteroatoms. The fourth-order valence-electron chi connectivity index (χ4n) is 5.45. The van der Waals surface area contributed by atoms with Crippen LogP contribution in [0.15, 0.2) is 12.1 Å². The van der Waals surface area contributed by atoms with E-state index in [4.69, 9.17) is 9.47 Å². The lowest BCUT2D eigenvalue weighted by atomic mass is 9.49. The molecule has 2 N–H and O–H groups in total. The van der Waals surface area contributed by atoms with Crippen LogP contribution >= 0.6 is 0 Å². The Kier molecular flexibility index (Phi) is 2.63. The van der Waals surface area contributed by atoms with Crippen molar-refractivity contribution in [3.8, 4) is 11.5 Å². The number of rotatable bonds is 1. The molecule has 0 unspecified atom stereocenters. The smallest absolute Gasteiger partial charge is 0.308 e. The fraction of sp³-hybridized carbons (Fsp3) is 0.556. The number of nitrogens with one attached hydrogen (secondary N) is 1. The molecule has 6 nitrogen and oxygen atoms in total. The number of hydrogen-bond donors (Lipinski definition) is 2. The van der Waals surface area contributed by atoms with E-state index in [0.717, 1.165) is 17.7 Å². The second kappa shape index (κ2) is 4.37. The van der Waals surface area contributed by atoms with Gasteiger partial charge in [0, 0.05) is 24.9 Å². The Labute approximate surface area is 139 Å². The van der Waals surface area contributed by atoms with E-state index < -0.39 is 23.1 Å². The van der Waals surface area contributed by atoms with Crippen molar-refractivity contribution in [2.75, 3.05) is 6.54 Å². The minimum absolute atomic E-state index is 0.0261. The summed E-state index contributed by atoms with van der Waals surface area (Å²) in [7, 11) is 0. The Bertz CT molecular complexity index is 790. The van der Waals surface area contributed by atoms with Gasteiger partial charge in [-0.15, -0.1) is 0 Å². The molecule has 1 spiro atoms. The third-order valence-electron chi connectivity index (χ3n) is 6.32. The maximum atomic E-state index is 12.6. The molecule has 1 aromatic carbocycles. The Balaban J connectivity index is 1.80. The zero-order valence-electron chi connectivity index (χ0n) is 13.4. The van der Waals surface area contributed by atoms with E-state index in [-0.39, 0.29) is 11.8 Å². The van der Waals surface area contributed by atoms with Gasteiger partial charge in [0.25, 0.3) is 0 Å². The zero-order chi connectivity index (χ0) is 16.7. The molecule has 2 heterocycles. The summed E-state index contributed by atoms with van der Waals surface area (Å²) in [6.07, 6.45) is 1.39. The summed E-state index contributed by atoms with van der Waals surface area (Å²) < 4.78 is 11.4. The van der Waals surface area contributed by atoms with Crippen molar-refractivity contribution in [1.29, 1.82) is 0 Å². The first kappa shape index (κ1) is 14.4. The SMILES string of the molecule is CC(=O)Oc1ccc2c3c1O[C@H]1C(=O)CC[C@@]4(O)[C@@H](C2)NCC[C@]314. The van der Waals surface area contributed by atoms with Gasteiger partial charge in [-0.2, -0.15) is 0 Å². The Morgan fingerprint density at radius 1 is 1.42 bits per heavy atom. The molecule has 1 saturated carbocycles. The second-order valence-electron chi connectivity index (χ2n) is 7.34. The predicted octanol–water partition coefficient (Wildman–Crippen LogP) is 0.623. The van der Waals surface area contributed by atoms with Gasteiger partial charge < -0.3 is 19.9 Å². The van der Waals surface area contributed by atoms with Crippen LogP contribution in [0.25, 0.3) is 0 Å². The van der Waals surface area contributed by atoms with Gasteiger partial charge >= 0.3 is 5.97 Å². The quantitative estimate of drug-likeness (QED) is 0.580. The number of ether oxygens (including phenoxy) is 2. The van der Waals surface area contributed by atoms with Gasteiger partial charge in [-0.05, 0) is 37.4 Å². The van der Waals surface area contributed by atoms with Gasteiger partial charge in [0.1, 0.15) is 0 Å². The highest BCUT2D eigenvalue weighted by atomic mass is 16.6. The van der Waals surface area contributed by atoms with Crippen molar-refractivity contribution in [2.45, 2.75) is 55.8 Å². The van der Waals surface area contributed by atoms with Crippen LogP contribution in [-0.4, -0.2) is 41.2 Å². The summed E-state index contributed by atoms with van der Waals surface area (Å²) in [6.45, 7) is 2.07. The summed E-state index contributed by atoms with van der Waals surface area (Å²) in [6, 6.07) is 3.58. The molecule has 24 heavy (non-hydrogen) atoms. The lowest BCUT2D eigenvalue weighted by Gasteiger charge is -2.59. The number of ketones is 1. The largest absolute Gasteiger partial charge is 0.477 e. The molecule has 5 rings (SSSR count). The highest BCUT2D eigenvalue weighted by Gasteiger charge is 2.72. The molecule has 0 aromatic heterocycles. The first-order valence-corrected chi connectivity index (χ1v) is 8.47.